The first-order chi connectivity index (χ1) is 7.40. The summed E-state index contributed by atoms with van der Waals surface area (Å²) in [6.07, 6.45) is 0.484. The Hall–Kier alpha value is -1.38. The van der Waals surface area contributed by atoms with E-state index in [4.69, 9.17) is 0 Å². The molecule has 2 rings (SSSR count). The average molecular weight is 221 g/mol. The van der Waals surface area contributed by atoms with Gasteiger partial charge in [-0.1, -0.05) is 12.1 Å². The number of rotatable bonds is 1. The minimum absolute atomic E-state index is 0.0666. The standard InChI is InChI=1S/C13H16FNO/c1-8-6-9(4-5-11(8)14)10-7-12(16)15-13(10,2)3/h4-6,10H,7H2,1-3H3,(H,15,16). The van der Waals surface area contributed by atoms with Gasteiger partial charge in [-0.05, 0) is 38.0 Å². The molecule has 1 unspecified atom stereocenters. The Morgan fingerprint density at radius 3 is 2.62 bits per heavy atom. The van der Waals surface area contributed by atoms with Gasteiger partial charge in [-0.15, -0.1) is 0 Å². The predicted octanol–water partition coefficient (Wildman–Crippen LogP) is 2.52. The Kier molecular flexibility index (Phi) is 2.49. The second kappa shape index (κ2) is 3.58. The molecule has 0 bridgehead atoms. The van der Waals surface area contributed by atoms with Gasteiger partial charge in [-0.3, -0.25) is 4.79 Å². The molecule has 86 valence electrons. The van der Waals surface area contributed by atoms with E-state index in [9.17, 15) is 9.18 Å². The lowest BCUT2D eigenvalue weighted by Gasteiger charge is -2.26. The fraction of sp³-hybridized carbons (Fsp3) is 0.462. The molecular formula is C13H16FNO. The number of halogens is 1. The summed E-state index contributed by atoms with van der Waals surface area (Å²) < 4.78 is 13.2. The molecule has 1 saturated heterocycles. The van der Waals surface area contributed by atoms with Crippen LogP contribution in [0.2, 0.25) is 0 Å². The highest BCUT2D eigenvalue weighted by Crippen LogP contribution is 2.36. The van der Waals surface area contributed by atoms with Gasteiger partial charge >= 0.3 is 0 Å². The molecule has 3 heteroatoms. The summed E-state index contributed by atoms with van der Waals surface area (Å²) in [5.41, 5.74) is 1.41. The molecule has 1 N–H and O–H groups in total. The topological polar surface area (TPSA) is 29.1 Å². The number of carbonyl (C=O) groups is 1. The van der Waals surface area contributed by atoms with E-state index in [1.807, 2.05) is 19.9 Å². The van der Waals surface area contributed by atoms with Crippen LogP contribution in [0.3, 0.4) is 0 Å². The molecule has 1 heterocycles. The first kappa shape index (κ1) is 11.1. The molecule has 1 aromatic carbocycles. The highest BCUT2D eigenvalue weighted by Gasteiger charge is 2.39. The molecule has 2 nitrogen and oxygen atoms in total. The summed E-state index contributed by atoms with van der Waals surface area (Å²) in [6, 6.07) is 5.08. The summed E-state index contributed by atoms with van der Waals surface area (Å²) in [7, 11) is 0. The van der Waals surface area contributed by atoms with Gasteiger partial charge in [0.15, 0.2) is 0 Å². The fourth-order valence-electron chi connectivity index (χ4n) is 2.36. The molecule has 1 aliphatic rings. The highest BCUT2D eigenvalue weighted by atomic mass is 19.1. The number of hydrogen-bond donors (Lipinski definition) is 1. The van der Waals surface area contributed by atoms with Crippen molar-refractivity contribution in [2.24, 2.45) is 0 Å². The van der Waals surface area contributed by atoms with Gasteiger partial charge in [0.05, 0.1) is 0 Å². The van der Waals surface area contributed by atoms with E-state index in [0.29, 0.717) is 12.0 Å². The number of amides is 1. The van der Waals surface area contributed by atoms with Crippen LogP contribution in [-0.4, -0.2) is 11.4 Å². The molecule has 1 amide bonds. The molecule has 1 aliphatic heterocycles. The Balaban J connectivity index is 2.37. The van der Waals surface area contributed by atoms with Crippen LogP contribution in [0, 0.1) is 12.7 Å². The third-order valence-electron chi connectivity index (χ3n) is 3.31. The maximum absolute atomic E-state index is 13.2. The third-order valence-corrected chi connectivity index (χ3v) is 3.31. The van der Waals surface area contributed by atoms with E-state index in [2.05, 4.69) is 5.32 Å². The van der Waals surface area contributed by atoms with Crippen LogP contribution in [0.15, 0.2) is 18.2 Å². The third kappa shape index (κ3) is 1.82. The molecular weight excluding hydrogens is 205 g/mol. The highest BCUT2D eigenvalue weighted by molar-refractivity contribution is 5.81. The Labute approximate surface area is 94.9 Å². The van der Waals surface area contributed by atoms with Crippen LogP contribution in [0.5, 0.6) is 0 Å². The quantitative estimate of drug-likeness (QED) is 0.775. The summed E-state index contributed by atoms with van der Waals surface area (Å²) in [5, 5.41) is 2.94. The average Bonchev–Trinajstić information content (AvgIpc) is 2.44. The molecule has 1 fully saturated rings. The normalized spacial score (nSPS) is 23.2. The zero-order valence-electron chi connectivity index (χ0n) is 9.80. The van der Waals surface area contributed by atoms with E-state index >= 15 is 0 Å². The lowest BCUT2D eigenvalue weighted by atomic mass is 9.83. The van der Waals surface area contributed by atoms with Crippen LogP contribution in [0.1, 0.15) is 37.3 Å². The molecule has 0 saturated carbocycles. The van der Waals surface area contributed by atoms with Gasteiger partial charge < -0.3 is 5.32 Å². The van der Waals surface area contributed by atoms with Gasteiger partial charge in [0, 0.05) is 17.9 Å². The number of carbonyl (C=O) groups excluding carboxylic acids is 1. The minimum atomic E-state index is -0.249. The van der Waals surface area contributed by atoms with E-state index in [-0.39, 0.29) is 23.2 Å². The van der Waals surface area contributed by atoms with Crippen molar-refractivity contribution in [3.8, 4) is 0 Å². The Morgan fingerprint density at radius 1 is 1.44 bits per heavy atom. The molecule has 0 aromatic heterocycles. The summed E-state index contributed by atoms with van der Waals surface area (Å²) >= 11 is 0. The maximum atomic E-state index is 13.2. The van der Waals surface area contributed by atoms with Gasteiger partial charge in [-0.2, -0.15) is 0 Å². The Morgan fingerprint density at radius 2 is 2.12 bits per heavy atom. The summed E-state index contributed by atoms with van der Waals surface area (Å²) in [6.45, 7) is 5.75. The zero-order chi connectivity index (χ0) is 11.9. The second-order valence-electron chi connectivity index (χ2n) is 5.04. The monoisotopic (exact) mass is 221 g/mol. The number of nitrogens with one attached hydrogen (secondary N) is 1. The first-order valence-corrected chi connectivity index (χ1v) is 5.47. The fourth-order valence-corrected chi connectivity index (χ4v) is 2.36. The van der Waals surface area contributed by atoms with Crippen molar-refractivity contribution < 1.29 is 9.18 Å². The summed E-state index contributed by atoms with van der Waals surface area (Å²) in [4.78, 5) is 11.4. The van der Waals surface area contributed by atoms with Crippen LogP contribution in [-0.2, 0) is 4.79 Å². The number of aryl methyl sites for hydroxylation is 1. The van der Waals surface area contributed by atoms with Gasteiger partial charge in [0.2, 0.25) is 5.91 Å². The predicted molar refractivity (Wildman–Crippen MR) is 60.7 cm³/mol. The van der Waals surface area contributed by atoms with Crippen LogP contribution >= 0.6 is 0 Å². The van der Waals surface area contributed by atoms with Crippen molar-refractivity contribution in [3.63, 3.8) is 0 Å². The minimum Gasteiger partial charge on any atom is -0.351 e. The number of hydrogen-bond acceptors (Lipinski definition) is 1. The smallest absolute Gasteiger partial charge is 0.221 e. The van der Waals surface area contributed by atoms with Crippen LogP contribution in [0.25, 0.3) is 0 Å². The molecule has 0 aliphatic carbocycles. The van der Waals surface area contributed by atoms with Gasteiger partial charge in [0.25, 0.3) is 0 Å². The molecule has 16 heavy (non-hydrogen) atoms. The van der Waals surface area contributed by atoms with Gasteiger partial charge in [0.1, 0.15) is 5.82 Å². The molecule has 1 atom stereocenters. The van der Waals surface area contributed by atoms with E-state index in [1.54, 1.807) is 13.0 Å². The Bertz CT molecular complexity index is 440. The molecule has 0 radical (unpaired) electrons. The van der Waals surface area contributed by atoms with E-state index < -0.39 is 0 Å². The molecule has 0 spiro atoms. The van der Waals surface area contributed by atoms with Crippen molar-refractivity contribution >= 4 is 5.91 Å². The van der Waals surface area contributed by atoms with Crippen molar-refractivity contribution in [2.75, 3.05) is 0 Å². The summed E-state index contributed by atoms with van der Waals surface area (Å²) in [5.74, 6) is -0.00452. The van der Waals surface area contributed by atoms with Crippen molar-refractivity contribution in [3.05, 3.63) is 35.1 Å². The second-order valence-corrected chi connectivity index (χ2v) is 5.04. The molecule has 1 aromatic rings. The maximum Gasteiger partial charge on any atom is 0.221 e. The van der Waals surface area contributed by atoms with Crippen LogP contribution < -0.4 is 5.32 Å². The van der Waals surface area contributed by atoms with Crippen LogP contribution in [0.4, 0.5) is 4.39 Å². The van der Waals surface area contributed by atoms with Crippen molar-refractivity contribution in [2.45, 2.75) is 38.6 Å². The lowest BCUT2D eigenvalue weighted by molar-refractivity contribution is -0.119. The van der Waals surface area contributed by atoms with E-state index in [1.165, 1.54) is 6.07 Å². The largest absolute Gasteiger partial charge is 0.351 e. The number of benzene rings is 1. The zero-order valence-corrected chi connectivity index (χ0v) is 9.80. The SMILES string of the molecule is Cc1cc(C2CC(=O)NC2(C)C)ccc1F. The lowest BCUT2D eigenvalue weighted by Crippen LogP contribution is -2.38. The van der Waals surface area contributed by atoms with Crippen molar-refractivity contribution in [1.82, 2.24) is 5.32 Å². The van der Waals surface area contributed by atoms with Crippen molar-refractivity contribution in [1.29, 1.82) is 0 Å². The van der Waals surface area contributed by atoms with Gasteiger partial charge in [-0.25, -0.2) is 4.39 Å². The first-order valence-electron chi connectivity index (χ1n) is 5.47. The van der Waals surface area contributed by atoms with E-state index in [0.717, 1.165) is 5.56 Å².